The average molecular weight is 246 g/mol. The minimum atomic E-state index is -2.55. The molecule has 1 saturated heterocycles. The smallest absolute Gasteiger partial charge is 0.150 e. The summed E-state index contributed by atoms with van der Waals surface area (Å²) in [4.78, 5) is 0. The van der Waals surface area contributed by atoms with Gasteiger partial charge in [-0.25, -0.2) is 8.42 Å². The van der Waals surface area contributed by atoms with E-state index in [0.717, 1.165) is 4.43 Å². The quantitative estimate of drug-likeness (QED) is 0.497. The molecule has 0 aromatic carbocycles. The van der Waals surface area contributed by atoms with E-state index in [4.69, 9.17) is 0 Å². The summed E-state index contributed by atoms with van der Waals surface area (Å²) < 4.78 is 21.9. The van der Waals surface area contributed by atoms with Crippen molar-refractivity contribution in [1.29, 1.82) is 0 Å². The Morgan fingerprint density at radius 2 is 2.00 bits per heavy atom. The van der Waals surface area contributed by atoms with Crippen LogP contribution in [0.2, 0.25) is 0 Å². The van der Waals surface area contributed by atoms with Crippen molar-refractivity contribution in [2.24, 2.45) is 5.92 Å². The van der Waals surface area contributed by atoms with Crippen molar-refractivity contribution in [3.05, 3.63) is 0 Å². The molecule has 1 aliphatic rings. The van der Waals surface area contributed by atoms with E-state index < -0.39 is 9.84 Å². The molecule has 0 atom stereocenters. The molecular formula is C4H7IO2S. The standard InChI is InChI=1S/C4H7IO2S/c5-1-4-2-8(6,7)3-4/h4H,1-3H2. The second kappa shape index (κ2) is 2.13. The highest BCUT2D eigenvalue weighted by molar-refractivity contribution is 14.1. The molecule has 0 spiro atoms. The van der Waals surface area contributed by atoms with Crippen LogP contribution >= 0.6 is 22.6 Å². The van der Waals surface area contributed by atoms with Gasteiger partial charge in [-0.2, -0.15) is 0 Å². The van der Waals surface area contributed by atoms with Gasteiger partial charge in [-0.1, -0.05) is 22.6 Å². The van der Waals surface area contributed by atoms with Gasteiger partial charge in [-0.15, -0.1) is 0 Å². The fourth-order valence-corrected chi connectivity index (χ4v) is 3.80. The second-order valence-corrected chi connectivity index (χ2v) is 5.13. The van der Waals surface area contributed by atoms with Gasteiger partial charge in [0, 0.05) is 4.43 Å². The summed E-state index contributed by atoms with van der Waals surface area (Å²) in [6.07, 6.45) is 0. The molecule has 0 unspecified atom stereocenters. The Balaban J connectivity index is 2.43. The van der Waals surface area contributed by atoms with E-state index in [1.54, 1.807) is 0 Å². The summed E-state index contributed by atoms with van der Waals surface area (Å²) >= 11 is 2.22. The molecule has 48 valence electrons. The molecular weight excluding hydrogens is 239 g/mol. The lowest BCUT2D eigenvalue weighted by Gasteiger charge is -2.22. The van der Waals surface area contributed by atoms with Crippen LogP contribution in [0.1, 0.15) is 0 Å². The van der Waals surface area contributed by atoms with Crippen LogP contribution < -0.4 is 0 Å². The van der Waals surface area contributed by atoms with Crippen molar-refractivity contribution in [3.8, 4) is 0 Å². The van der Waals surface area contributed by atoms with E-state index in [-0.39, 0.29) is 0 Å². The Kier molecular flexibility index (Phi) is 1.81. The second-order valence-electron chi connectivity index (χ2n) is 2.10. The Labute approximate surface area is 62.7 Å². The number of alkyl halides is 1. The lowest BCUT2D eigenvalue weighted by molar-refractivity contribution is 0.547. The van der Waals surface area contributed by atoms with Gasteiger partial charge >= 0.3 is 0 Å². The van der Waals surface area contributed by atoms with E-state index in [1.165, 1.54) is 0 Å². The molecule has 0 bridgehead atoms. The minimum Gasteiger partial charge on any atom is -0.229 e. The third-order valence-corrected chi connectivity index (χ3v) is 4.40. The summed E-state index contributed by atoms with van der Waals surface area (Å²) in [5, 5.41) is 0. The summed E-state index contributed by atoms with van der Waals surface area (Å²) in [6, 6.07) is 0. The van der Waals surface area contributed by atoms with Crippen LogP contribution in [0.5, 0.6) is 0 Å². The summed E-state index contributed by atoms with van der Waals surface area (Å²) in [5.74, 6) is 1.31. The molecule has 0 N–H and O–H groups in total. The zero-order valence-corrected chi connectivity index (χ0v) is 7.28. The molecule has 1 rings (SSSR count). The van der Waals surface area contributed by atoms with Gasteiger partial charge in [-0.05, 0) is 5.92 Å². The van der Waals surface area contributed by atoms with Crippen LogP contribution in [-0.2, 0) is 9.84 Å². The predicted octanol–water partition coefficient (Wildman–Crippen LogP) is 0.466. The van der Waals surface area contributed by atoms with Crippen LogP contribution in [0.3, 0.4) is 0 Å². The first-order chi connectivity index (χ1) is 3.64. The third kappa shape index (κ3) is 1.34. The Bertz CT molecular complexity index is 160. The molecule has 8 heavy (non-hydrogen) atoms. The highest BCUT2D eigenvalue weighted by Crippen LogP contribution is 2.19. The van der Waals surface area contributed by atoms with E-state index >= 15 is 0 Å². The summed E-state index contributed by atoms with van der Waals surface area (Å²) in [7, 11) is -2.55. The van der Waals surface area contributed by atoms with E-state index in [1.807, 2.05) is 0 Å². The topological polar surface area (TPSA) is 34.1 Å². The van der Waals surface area contributed by atoms with Gasteiger partial charge in [0.15, 0.2) is 9.84 Å². The van der Waals surface area contributed by atoms with Gasteiger partial charge in [0.25, 0.3) is 0 Å². The molecule has 0 amide bonds. The highest BCUT2D eigenvalue weighted by atomic mass is 127. The molecule has 0 aromatic rings. The Hall–Kier alpha value is 0.680. The first-order valence-electron chi connectivity index (χ1n) is 2.40. The number of rotatable bonds is 1. The molecule has 0 aliphatic carbocycles. The molecule has 0 aromatic heterocycles. The van der Waals surface area contributed by atoms with E-state index in [2.05, 4.69) is 22.6 Å². The molecule has 1 fully saturated rings. The first kappa shape index (κ1) is 6.80. The number of sulfone groups is 1. The fourth-order valence-electron chi connectivity index (χ4n) is 0.759. The maximum atomic E-state index is 10.5. The maximum absolute atomic E-state index is 10.5. The van der Waals surface area contributed by atoms with Crippen LogP contribution in [-0.4, -0.2) is 24.4 Å². The Morgan fingerprint density at radius 1 is 1.50 bits per heavy atom. The SMILES string of the molecule is O=S1(=O)CC(CI)C1. The maximum Gasteiger partial charge on any atom is 0.150 e. The van der Waals surface area contributed by atoms with Crippen molar-refractivity contribution < 1.29 is 8.42 Å². The largest absolute Gasteiger partial charge is 0.229 e. The molecule has 2 nitrogen and oxygen atoms in total. The van der Waals surface area contributed by atoms with Gasteiger partial charge in [0.2, 0.25) is 0 Å². The van der Waals surface area contributed by atoms with Crippen molar-refractivity contribution in [3.63, 3.8) is 0 Å². The lowest BCUT2D eigenvalue weighted by atomic mass is 10.2. The predicted molar refractivity (Wildman–Crippen MR) is 41.0 cm³/mol. The van der Waals surface area contributed by atoms with Crippen molar-refractivity contribution in [1.82, 2.24) is 0 Å². The van der Waals surface area contributed by atoms with Gasteiger partial charge < -0.3 is 0 Å². The number of hydrogen-bond donors (Lipinski definition) is 0. The summed E-state index contributed by atoms with van der Waals surface area (Å²) in [5.41, 5.74) is 0. The van der Waals surface area contributed by atoms with Crippen LogP contribution in [0.15, 0.2) is 0 Å². The zero-order chi connectivity index (χ0) is 6.20. The fraction of sp³-hybridized carbons (Fsp3) is 1.00. The van der Waals surface area contributed by atoms with Crippen molar-refractivity contribution >= 4 is 32.4 Å². The lowest BCUT2D eigenvalue weighted by Crippen LogP contribution is -2.36. The zero-order valence-electron chi connectivity index (χ0n) is 4.30. The Morgan fingerprint density at radius 3 is 2.12 bits per heavy atom. The normalized spacial score (nSPS) is 27.1. The van der Waals surface area contributed by atoms with Gasteiger partial charge in [0.05, 0.1) is 11.5 Å². The van der Waals surface area contributed by atoms with Gasteiger partial charge in [-0.3, -0.25) is 0 Å². The number of halogens is 1. The number of hydrogen-bond acceptors (Lipinski definition) is 2. The third-order valence-electron chi connectivity index (χ3n) is 1.20. The summed E-state index contributed by atoms with van der Waals surface area (Å²) in [6.45, 7) is 0. The molecule has 1 heterocycles. The van der Waals surface area contributed by atoms with Crippen LogP contribution in [0, 0.1) is 5.92 Å². The average Bonchev–Trinajstić information content (AvgIpc) is 1.60. The monoisotopic (exact) mass is 246 g/mol. The van der Waals surface area contributed by atoms with Gasteiger partial charge in [0.1, 0.15) is 0 Å². The van der Waals surface area contributed by atoms with Crippen LogP contribution in [0.25, 0.3) is 0 Å². The molecule has 4 heteroatoms. The highest BCUT2D eigenvalue weighted by Gasteiger charge is 2.31. The van der Waals surface area contributed by atoms with Crippen LogP contribution in [0.4, 0.5) is 0 Å². The van der Waals surface area contributed by atoms with E-state index in [9.17, 15) is 8.42 Å². The molecule has 1 aliphatic heterocycles. The van der Waals surface area contributed by atoms with E-state index in [0.29, 0.717) is 17.4 Å². The minimum absolute atomic E-state index is 0.427. The molecule has 0 radical (unpaired) electrons. The first-order valence-corrected chi connectivity index (χ1v) is 5.75. The van der Waals surface area contributed by atoms with Crippen molar-refractivity contribution in [2.75, 3.05) is 15.9 Å². The molecule has 0 saturated carbocycles. The van der Waals surface area contributed by atoms with Crippen molar-refractivity contribution in [2.45, 2.75) is 0 Å².